The molecule has 1 heterocycles. The van der Waals surface area contributed by atoms with Crippen molar-refractivity contribution in [2.75, 3.05) is 32.3 Å². The first kappa shape index (κ1) is 16.8. The zero-order valence-electron chi connectivity index (χ0n) is 12.7. The monoisotopic (exact) mass is 324 g/mol. The lowest BCUT2D eigenvalue weighted by Gasteiger charge is -2.50. The summed E-state index contributed by atoms with van der Waals surface area (Å²) in [5.41, 5.74) is 0.239. The van der Waals surface area contributed by atoms with E-state index in [0.717, 1.165) is 19.3 Å². The van der Waals surface area contributed by atoms with E-state index in [1.165, 1.54) is 0 Å². The van der Waals surface area contributed by atoms with Gasteiger partial charge in [-0.15, -0.1) is 23.2 Å². The number of rotatable bonds is 5. The Balaban J connectivity index is 1.98. The molecule has 0 radical (unpaired) electrons. The molecule has 3 nitrogen and oxygen atoms in total. The molecular weight excluding hydrogens is 299 g/mol. The third-order valence-electron chi connectivity index (χ3n) is 4.08. The Hall–Kier alpha value is 0.460. The fourth-order valence-electron chi connectivity index (χ4n) is 4.00. The molecule has 2 unspecified atom stereocenters. The van der Waals surface area contributed by atoms with Crippen molar-refractivity contribution in [1.29, 1.82) is 0 Å². The van der Waals surface area contributed by atoms with Crippen LogP contribution in [0.3, 0.4) is 0 Å². The van der Waals surface area contributed by atoms with E-state index in [1.807, 2.05) is 0 Å². The maximum absolute atomic E-state index is 6.00. The predicted octanol–water partition coefficient (Wildman–Crippen LogP) is 3.81. The van der Waals surface area contributed by atoms with Crippen LogP contribution in [0, 0.1) is 10.8 Å². The number of alkyl halides is 2. The van der Waals surface area contributed by atoms with Gasteiger partial charge in [-0.3, -0.25) is 0 Å². The van der Waals surface area contributed by atoms with Gasteiger partial charge in [0.25, 0.3) is 0 Å². The molecule has 0 N–H and O–H groups in total. The van der Waals surface area contributed by atoms with Crippen LogP contribution in [0.2, 0.25) is 0 Å². The standard InChI is InChI=1S/C15H26Cl2O3/c1-13(2)8-14(3,11-18-7-12(17)6-16)10-15(9-13)19-4-5-20-15/h12H,4-11H2,1-3H3. The fourth-order valence-corrected chi connectivity index (χ4v) is 4.18. The lowest BCUT2D eigenvalue weighted by Crippen LogP contribution is -2.49. The molecule has 1 aliphatic heterocycles. The van der Waals surface area contributed by atoms with Crippen LogP contribution in [-0.2, 0) is 14.2 Å². The van der Waals surface area contributed by atoms with E-state index in [4.69, 9.17) is 37.4 Å². The molecule has 2 fully saturated rings. The molecule has 0 aromatic heterocycles. The zero-order chi connectivity index (χ0) is 14.9. The summed E-state index contributed by atoms with van der Waals surface area (Å²) in [7, 11) is 0. The van der Waals surface area contributed by atoms with E-state index in [-0.39, 0.29) is 16.2 Å². The summed E-state index contributed by atoms with van der Waals surface area (Å²) in [6.45, 7) is 9.37. The predicted molar refractivity (Wildman–Crippen MR) is 81.6 cm³/mol. The van der Waals surface area contributed by atoms with Crippen LogP contribution >= 0.6 is 23.2 Å². The molecule has 20 heavy (non-hydrogen) atoms. The van der Waals surface area contributed by atoms with Gasteiger partial charge < -0.3 is 14.2 Å². The van der Waals surface area contributed by atoms with Crippen LogP contribution in [0.15, 0.2) is 0 Å². The lowest BCUT2D eigenvalue weighted by atomic mass is 9.62. The van der Waals surface area contributed by atoms with Gasteiger partial charge in [0.15, 0.2) is 5.79 Å². The van der Waals surface area contributed by atoms with Gasteiger partial charge in [0.2, 0.25) is 0 Å². The van der Waals surface area contributed by atoms with Gasteiger partial charge >= 0.3 is 0 Å². The Labute approximate surface area is 132 Å². The second-order valence-electron chi connectivity index (χ2n) is 7.38. The number of halogens is 2. The third-order valence-corrected chi connectivity index (χ3v) is 4.89. The van der Waals surface area contributed by atoms with Gasteiger partial charge in [-0.1, -0.05) is 20.8 Å². The highest BCUT2D eigenvalue weighted by Crippen LogP contribution is 2.53. The van der Waals surface area contributed by atoms with E-state index in [1.54, 1.807) is 0 Å². The fraction of sp³-hybridized carbons (Fsp3) is 1.00. The molecule has 1 spiro atoms. The van der Waals surface area contributed by atoms with Crippen molar-refractivity contribution in [2.24, 2.45) is 10.8 Å². The molecule has 0 aromatic rings. The Morgan fingerprint density at radius 1 is 1.10 bits per heavy atom. The summed E-state index contributed by atoms with van der Waals surface area (Å²) in [4.78, 5) is 0. The summed E-state index contributed by atoms with van der Waals surface area (Å²) >= 11 is 11.7. The minimum Gasteiger partial charge on any atom is -0.379 e. The Morgan fingerprint density at radius 3 is 2.35 bits per heavy atom. The van der Waals surface area contributed by atoms with Crippen LogP contribution in [0.25, 0.3) is 0 Å². The second-order valence-corrected chi connectivity index (χ2v) is 8.31. The van der Waals surface area contributed by atoms with Crippen molar-refractivity contribution in [3.63, 3.8) is 0 Å². The maximum atomic E-state index is 6.00. The molecule has 1 saturated carbocycles. The van der Waals surface area contributed by atoms with Crippen LogP contribution in [0.1, 0.15) is 40.0 Å². The van der Waals surface area contributed by atoms with E-state index < -0.39 is 5.79 Å². The number of hydrogen-bond acceptors (Lipinski definition) is 3. The quantitative estimate of drug-likeness (QED) is 0.720. The van der Waals surface area contributed by atoms with Crippen LogP contribution in [0.5, 0.6) is 0 Å². The molecule has 0 aromatic carbocycles. The second kappa shape index (κ2) is 6.29. The summed E-state index contributed by atoms with van der Waals surface area (Å²) in [5, 5.41) is -0.121. The minimum atomic E-state index is -0.410. The van der Waals surface area contributed by atoms with Gasteiger partial charge in [-0.05, 0) is 17.3 Å². The van der Waals surface area contributed by atoms with Gasteiger partial charge in [-0.2, -0.15) is 0 Å². The Morgan fingerprint density at radius 2 is 1.75 bits per heavy atom. The molecule has 2 atom stereocenters. The molecule has 1 aliphatic carbocycles. The maximum Gasteiger partial charge on any atom is 0.169 e. The normalized spacial score (nSPS) is 33.5. The van der Waals surface area contributed by atoms with Crippen molar-refractivity contribution < 1.29 is 14.2 Å². The molecule has 0 amide bonds. The molecule has 1 saturated heterocycles. The Kier molecular flexibility index (Phi) is 5.29. The average molecular weight is 325 g/mol. The third kappa shape index (κ3) is 4.23. The summed E-state index contributed by atoms with van der Waals surface area (Å²) in [6.07, 6.45) is 2.94. The summed E-state index contributed by atoms with van der Waals surface area (Å²) < 4.78 is 17.7. The highest BCUT2D eigenvalue weighted by molar-refractivity contribution is 6.28. The first-order chi connectivity index (χ1) is 9.28. The smallest absolute Gasteiger partial charge is 0.169 e. The molecule has 5 heteroatoms. The van der Waals surface area contributed by atoms with Gasteiger partial charge in [0.1, 0.15) is 0 Å². The lowest BCUT2D eigenvalue weighted by molar-refractivity contribution is -0.230. The van der Waals surface area contributed by atoms with E-state index in [2.05, 4.69) is 20.8 Å². The van der Waals surface area contributed by atoms with Crippen molar-refractivity contribution in [3.8, 4) is 0 Å². The summed E-state index contributed by atoms with van der Waals surface area (Å²) in [6, 6.07) is 0. The van der Waals surface area contributed by atoms with Gasteiger partial charge in [-0.25, -0.2) is 0 Å². The van der Waals surface area contributed by atoms with Crippen molar-refractivity contribution in [1.82, 2.24) is 0 Å². The molecule has 2 aliphatic rings. The largest absolute Gasteiger partial charge is 0.379 e. The molecular formula is C15H26Cl2O3. The highest BCUT2D eigenvalue weighted by Gasteiger charge is 2.52. The van der Waals surface area contributed by atoms with Crippen LogP contribution in [0.4, 0.5) is 0 Å². The van der Waals surface area contributed by atoms with Gasteiger partial charge in [0.05, 0.1) is 31.8 Å². The topological polar surface area (TPSA) is 27.7 Å². The number of hydrogen-bond donors (Lipinski definition) is 0. The van der Waals surface area contributed by atoms with E-state index in [9.17, 15) is 0 Å². The first-order valence-corrected chi connectivity index (χ1v) is 8.31. The van der Waals surface area contributed by atoms with Crippen molar-refractivity contribution >= 4 is 23.2 Å². The van der Waals surface area contributed by atoms with E-state index in [0.29, 0.717) is 32.3 Å². The van der Waals surface area contributed by atoms with Gasteiger partial charge in [0, 0.05) is 18.7 Å². The van der Waals surface area contributed by atoms with Crippen molar-refractivity contribution in [2.45, 2.75) is 51.2 Å². The molecule has 2 rings (SSSR count). The Bertz CT molecular complexity index is 329. The van der Waals surface area contributed by atoms with E-state index >= 15 is 0 Å². The number of ether oxygens (including phenoxy) is 3. The summed E-state index contributed by atoms with van der Waals surface area (Å²) in [5.74, 6) is 0.00658. The zero-order valence-corrected chi connectivity index (χ0v) is 14.2. The SMILES string of the molecule is CC1(C)CC(C)(COCC(Cl)CCl)CC2(C1)OCCO2. The highest BCUT2D eigenvalue weighted by atomic mass is 35.5. The minimum absolute atomic E-state index is 0.0506. The first-order valence-electron chi connectivity index (χ1n) is 7.34. The molecule has 0 bridgehead atoms. The van der Waals surface area contributed by atoms with Crippen LogP contribution in [-0.4, -0.2) is 43.5 Å². The molecule has 118 valence electrons. The van der Waals surface area contributed by atoms with Crippen molar-refractivity contribution in [3.05, 3.63) is 0 Å². The van der Waals surface area contributed by atoms with Crippen LogP contribution < -0.4 is 0 Å². The average Bonchev–Trinajstić information content (AvgIpc) is 2.73.